The molecule has 0 spiro atoms. The van der Waals surface area contributed by atoms with E-state index in [2.05, 4.69) is 5.32 Å². The van der Waals surface area contributed by atoms with E-state index >= 15 is 0 Å². The Balaban J connectivity index is 2.47. The van der Waals surface area contributed by atoms with Crippen LogP contribution < -0.4 is 5.32 Å². The smallest absolute Gasteiger partial charge is 0.407 e. The lowest BCUT2D eigenvalue weighted by Gasteiger charge is -2.36. The highest BCUT2D eigenvalue weighted by Gasteiger charge is 2.27. The van der Waals surface area contributed by atoms with Gasteiger partial charge in [-0.3, -0.25) is 0 Å². The molecule has 1 heterocycles. The summed E-state index contributed by atoms with van der Waals surface area (Å²) in [5.41, 5.74) is 0. The molecule has 0 unspecified atom stereocenters. The molecular formula is C8H16N2O3. The molecule has 0 aliphatic carbocycles. The Morgan fingerprint density at radius 3 is 2.92 bits per heavy atom. The van der Waals surface area contributed by atoms with Gasteiger partial charge in [0.2, 0.25) is 0 Å². The third kappa shape index (κ3) is 2.57. The molecule has 1 aliphatic rings. The Hall–Kier alpha value is -0.810. The number of nitrogens with one attached hydrogen (secondary N) is 1. The lowest BCUT2D eigenvalue weighted by Crippen LogP contribution is -2.57. The summed E-state index contributed by atoms with van der Waals surface area (Å²) in [5.74, 6) is 0. The van der Waals surface area contributed by atoms with Crippen molar-refractivity contribution in [1.82, 2.24) is 10.2 Å². The van der Waals surface area contributed by atoms with Crippen molar-refractivity contribution < 1.29 is 15.0 Å². The highest BCUT2D eigenvalue weighted by molar-refractivity contribution is 5.65. The van der Waals surface area contributed by atoms with Crippen LogP contribution in [-0.4, -0.2) is 53.0 Å². The number of carbonyl (C=O) groups is 1. The van der Waals surface area contributed by atoms with Crippen molar-refractivity contribution in [3.63, 3.8) is 0 Å². The lowest BCUT2D eigenvalue weighted by atomic mass is 10.1. The second-order valence-electron chi connectivity index (χ2n) is 3.40. The van der Waals surface area contributed by atoms with E-state index in [-0.39, 0.29) is 18.7 Å². The lowest BCUT2D eigenvalue weighted by molar-refractivity contribution is 0.0985. The van der Waals surface area contributed by atoms with E-state index in [0.29, 0.717) is 19.5 Å². The fraction of sp³-hybridized carbons (Fsp3) is 0.875. The van der Waals surface area contributed by atoms with E-state index in [4.69, 9.17) is 10.2 Å². The van der Waals surface area contributed by atoms with Crippen LogP contribution in [0.2, 0.25) is 0 Å². The summed E-state index contributed by atoms with van der Waals surface area (Å²) in [5, 5.41) is 20.7. The monoisotopic (exact) mass is 188 g/mol. The van der Waals surface area contributed by atoms with Crippen LogP contribution >= 0.6 is 0 Å². The topological polar surface area (TPSA) is 72.8 Å². The third-order valence-electron chi connectivity index (χ3n) is 2.37. The number of piperazine rings is 1. The van der Waals surface area contributed by atoms with Crippen molar-refractivity contribution >= 4 is 6.09 Å². The van der Waals surface area contributed by atoms with E-state index in [1.165, 1.54) is 4.90 Å². The number of rotatable bonds is 2. The first kappa shape index (κ1) is 10.3. The third-order valence-corrected chi connectivity index (χ3v) is 2.37. The summed E-state index contributed by atoms with van der Waals surface area (Å²) in [7, 11) is 0. The number of aliphatic hydroxyl groups is 1. The second kappa shape index (κ2) is 4.43. The van der Waals surface area contributed by atoms with Crippen molar-refractivity contribution in [2.45, 2.75) is 25.4 Å². The van der Waals surface area contributed by atoms with Crippen LogP contribution in [0.15, 0.2) is 0 Å². The van der Waals surface area contributed by atoms with E-state index in [0.717, 1.165) is 0 Å². The number of hydrogen-bond acceptors (Lipinski definition) is 3. The molecule has 0 aromatic heterocycles. The summed E-state index contributed by atoms with van der Waals surface area (Å²) in [6, 6.07) is 0.116. The first-order chi connectivity index (χ1) is 6.15. The molecule has 13 heavy (non-hydrogen) atoms. The van der Waals surface area contributed by atoms with Gasteiger partial charge in [0.1, 0.15) is 0 Å². The average molecular weight is 188 g/mol. The van der Waals surface area contributed by atoms with Crippen LogP contribution in [-0.2, 0) is 0 Å². The van der Waals surface area contributed by atoms with Gasteiger partial charge in [-0.05, 0) is 13.3 Å². The van der Waals surface area contributed by atoms with Gasteiger partial charge in [-0.15, -0.1) is 0 Å². The Kier molecular flexibility index (Phi) is 3.50. The minimum atomic E-state index is -0.878. The van der Waals surface area contributed by atoms with Crippen LogP contribution in [0.5, 0.6) is 0 Å². The summed E-state index contributed by atoms with van der Waals surface area (Å²) in [4.78, 5) is 12.2. The molecule has 76 valence electrons. The van der Waals surface area contributed by atoms with Crippen molar-refractivity contribution in [2.24, 2.45) is 0 Å². The molecule has 1 rings (SSSR count). The number of amides is 1. The van der Waals surface area contributed by atoms with Gasteiger partial charge >= 0.3 is 6.09 Å². The van der Waals surface area contributed by atoms with E-state index in [9.17, 15) is 4.79 Å². The molecule has 5 nitrogen and oxygen atoms in total. The van der Waals surface area contributed by atoms with Crippen molar-refractivity contribution in [3.8, 4) is 0 Å². The molecular weight excluding hydrogens is 172 g/mol. The van der Waals surface area contributed by atoms with E-state index in [1.807, 2.05) is 6.92 Å². The molecule has 3 N–H and O–H groups in total. The van der Waals surface area contributed by atoms with Gasteiger partial charge in [0.05, 0.1) is 0 Å². The molecule has 0 radical (unpaired) electrons. The number of hydrogen-bond donors (Lipinski definition) is 3. The fourth-order valence-corrected chi connectivity index (χ4v) is 1.55. The second-order valence-corrected chi connectivity index (χ2v) is 3.40. The first-order valence-corrected chi connectivity index (χ1v) is 4.49. The summed E-state index contributed by atoms with van der Waals surface area (Å²) in [6.45, 7) is 3.10. The Morgan fingerprint density at radius 2 is 2.38 bits per heavy atom. The Morgan fingerprint density at radius 1 is 1.69 bits per heavy atom. The zero-order valence-electron chi connectivity index (χ0n) is 7.73. The van der Waals surface area contributed by atoms with Crippen molar-refractivity contribution in [3.05, 3.63) is 0 Å². The maximum absolute atomic E-state index is 10.8. The summed E-state index contributed by atoms with van der Waals surface area (Å²) >= 11 is 0. The van der Waals surface area contributed by atoms with Gasteiger partial charge in [0.15, 0.2) is 0 Å². The van der Waals surface area contributed by atoms with Crippen LogP contribution in [0, 0.1) is 0 Å². The molecule has 2 atom stereocenters. The molecule has 1 aliphatic heterocycles. The number of nitrogens with zero attached hydrogens (tertiary/aromatic N) is 1. The molecule has 0 aromatic rings. The largest absolute Gasteiger partial charge is 0.465 e. The maximum atomic E-state index is 10.8. The Bertz CT molecular complexity index is 186. The van der Waals surface area contributed by atoms with Gasteiger partial charge in [0, 0.05) is 31.8 Å². The standard InChI is InChI=1S/C8H16N2O3/c1-6-4-9-7(2-3-11)5-10(6)8(12)13/h6-7,9,11H,2-5H2,1H3,(H,12,13)/t6-,7+/m1/s1. The van der Waals surface area contributed by atoms with Gasteiger partial charge in [-0.2, -0.15) is 0 Å². The van der Waals surface area contributed by atoms with Gasteiger partial charge in [0.25, 0.3) is 0 Å². The highest BCUT2D eigenvalue weighted by atomic mass is 16.4. The van der Waals surface area contributed by atoms with Crippen LogP contribution in [0.25, 0.3) is 0 Å². The molecule has 0 saturated carbocycles. The minimum absolute atomic E-state index is 0.0208. The predicted octanol–water partition coefficient (Wildman–Crippen LogP) is -0.291. The number of aliphatic hydroxyl groups excluding tert-OH is 1. The molecule has 0 bridgehead atoms. The summed E-state index contributed by atoms with van der Waals surface area (Å²) in [6.07, 6.45) is -0.270. The van der Waals surface area contributed by atoms with E-state index in [1.54, 1.807) is 0 Å². The van der Waals surface area contributed by atoms with Crippen molar-refractivity contribution in [2.75, 3.05) is 19.7 Å². The molecule has 0 aromatic carbocycles. The maximum Gasteiger partial charge on any atom is 0.407 e. The molecule has 1 amide bonds. The van der Waals surface area contributed by atoms with Crippen molar-refractivity contribution in [1.29, 1.82) is 0 Å². The minimum Gasteiger partial charge on any atom is -0.465 e. The van der Waals surface area contributed by atoms with Gasteiger partial charge in [-0.1, -0.05) is 0 Å². The van der Waals surface area contributed by atoms with E-state index < -0.39 is 6.09 Å². The van der Waals surface area contributed by atoms with Gasteiger partial charge in [-0.25, -0.2) is 4.79 Å². The SMILES string of the molecule is C[C@@H]1CN[C@@H](CCO)CN1C(=O)O. The molecule has 1 fully saturated rings. The predicted molar refractivity (Wildman–Crippen MR) is 47.7 cm³/mol. The van der Waals surface area contributed by atoms with Gasteiger partial charge < -0.3 is 20.4 Å². The quantitative estimate of drug-likeness (QED) is 0.556. The highest BCUT2D eigenvalue weighted by Crippen LogP contribution is 2.08. The van der Waals surface area contributed by atoms with Crippen LogP contribution in [0.3, 0.4) is 0 Å². The first-order valence-electron chi connectivity index (χ1n) is 4.49. The summed E-state index contributed by atoms with van der Waals surface area (Å²) < 4.78 is 0. The average Bonchev–Trinajstić information content (AvgIpc) is 2.08. The van der Waals surface area contributed by atoms with Crippen LogP contribution in [0.1, 0.15) is 13.3 Å². The zero-order chi connectivity index (χ0) is 9.84. The number of carboxylic acid groups (broad SMARTS) is 1. The zero-order valence-corrected chi connectivity index (χ0v) is 7.73. The normalized spacial score (nSPS) is 28.9. The Labute approximate surface area is 77.3 Å². The fourth-order valence-electron chi connectivity index (χ4n) is 1.55. The molecule has 1 saturated heterocycles. The van der Waals surface area contributed by atoms with Crippen LogP contribution in [0.4, 0.5) is 4.79 Å². The molecule has 5 heteroatoms.